The molecule has 0 aromatic heterocycles. The minimum Gasteiger partial charge on any atom is -0.355 e. The van der Waals surface area contributed by atoms with E-state index in [9.17, 15) is 14.9 Å². The SMILES string of the molecule is CC(Sc1ccc([N+](=O)[O-])cc1)C(=O)NCCC1CCCNC1.Cl. The molecule has 134 valence electrons. The van der Waals surface area contributed by atoms with Gasteiger partial charge >= 0.3 is 0 Å². The number of nitrogens with zero attached hydrogens (tertiary/aromatic N) is 1. The largest absolute Gasteiger partial charge is 0.355 e. The molecule has 0 spiro atoms. The van der Waals surface area contributed by atoms with Crippen LogP contribution in [0.25, 0.3) is 0 Å². The van der Waals surface area contributed by atoms with E-state index in [0.29, 0.717) is 12.5 Å². The number of piperidine rings is 1. The molecule has 2 rings (SSSR count). The van der Waals surface area contributed by atoms with Gasteiger partial charge in [0.05, 0.1) is 10.2 Å². The zero-order valence-corrected chi connectivity index (χ0v) is 15.3. The number of carbonyl (C=O) groups excluding carboxylic acids is 1. The Hall–Kier alpha value is -1.31. The third kappa shape index (κ3) is 6.67. The first-order valence-corrected chi connectivity index (χ1v) is 8.84. The maximum Gasteiger partial charge on any atom is 0.269 e. The number of thioether (sulfide) groups is 1. The van der Waals surface area contributed by atoms with Crippen molar-refractivity contribution in [1.29, 1.82) is 0 Å². The Morgan fingerprint density at radius 2 is 2.17 bits per heavy atom. The summed E-state index contributed by atoms with van der Waals surface area (Å²) in [6, 6.07) is 6.28. The fraction of sp³-hybridized carbons (Fsp3) is 0.562. The first-order chi connectivity index (χ1) is 11.1. The van der Waals surface area contributed by atoms with Crippen LogP contribution in [0.3, 0.4) is 0 Å². The Morgan fingerprint density at radius 3 is 2.75 bits per heavy atom. The molecule has 0 bridgehead atoms. The zero-order valence-electron chi connectivity index (χ0n) is 13.7. The Morgan fingerprint density at radius 1 is 1.46 bits per heavy atom. The minimum atomic E-state index is -0.426. The number of halogens is 1. The number of benzene rings is 1. The molecule has 6 nitrogen and oxygen atoms in total. The van der Waals surface area contributed by atoms with E-state index < -0.39 is 4.92 Å². The van der Waals surface area contributed by atoms with Crippen LogP contribution in [-0.4, -0.2) is 35.7 Å². The van der Waals surface area contributed by atoms with Gasteiger partial charge in [0.2, 0.25) is 5.91 Å². The molecule has 2 N–H and O–H groups in total. The first-order valence-electron chi connectivity index (χ1n) is 7.96. The van der Waals surface area contributed by atoms with E-state index in [0.717, 1.165) is 24.4 Å². The number of carbonyl (C=O) groups is 1. The summed E-state index contributed by atoms with van der Waals surface area (Å²) in [7, 11) is 0. The van der Waals surface area contributed by atoms with Gasteiger partial charge < -0.3 is 10.6 Å². The molecule has 1 fully saturated rings. The molecule has 1 aromatic carbocycles. The van der Waals surface area contributed by atoms with Crippen molar-refractivity contribution in [1.82, 2.24) is 10.6 Å². The Labute approximate surface area is 152 Å². The highest BCUT2D eigenvalue weighted by Crippen LogP contribution is 2.25. The van der Waals surface area contributed by atoms with Crippen molar-refractivity contribution < 1.29 is 9.72 Å². The maximum atomic E-state index is 12.1. The van der Waals surface area contributed by atoms with Gasteiger partial charge in [-0.2, -0.15) is 0 Å². The van der Waals surface area contributed by atoms with Crippen molar-refractivity contribution in [2.24, 2.45) is 5.92 Å². The third-order valence-corrected chi connectivity index (χ3v) is 5.09. The van der Waals surface area contributed by atoms with Crippen LogP contribution in [0.15, 0.2) is 29.2 Å². The molecule has 2 unspecified atom stereocenters. The van der Waals surface area contributed by atoms with Crippen molar-refractivity contribution in [3.8, 4) is 0 Å². The standard InChI is InChI=1S/C16H23N3O3S.ClH/c1-12(23-15-6-4-14(5-7-15)19(21)22)16(20)18-10-8-13-3-2-9-17-11-13;/h4-7,12-13,17H,2-3,8-11H2,1H3,(H,18,20);1H. The molecular weight excluding hydrogens is 350 g/mol. The van der Waals surface area contributed by atoms with Crippen LogP contribution < -0.4 is 10.6 Å². The monoisotopic (exact) mass is 373 g/mol. The summed E-state index contributed by atoms with van der Waals surface area (Å²) in [5, 5.41) is 16.8. The van der Waals surface area contributed by atoms with Gasteiger partial charge in [-0.3, -0.25) is 14.9 Å². The number of hydrogen-bond acceptors (Lipinski definition) is 5. The number of nitro groups is 1. The number of nitrogens with one attached hydrogen (secondary N) is 2. The molecule has 1 aromatic rings. The van der Waals surface area contributed by atoms with E-state index in [2.05, 4.69) is 10.6 Å². The fourth-order valence-corrected chi connectivity index (χ4v) is 3.51. The van der Waals surface area contributed by atoms with Gasteiger partial charge in [-0.1, -0.05) is 0 Å². The molecule has 1 amide bonds. The van der Waals surface area contributed by atoms with Crippen molar-refractivity contribution in [3.05, 3.63) is 34.4 Å². The normalized spacial score (nSPS) is 18.3. The third-order valence-electron chi connectivity index (χ3n) is 3.98. The van der Waals surface area contributed by atoms with Crippen molar-refractivity contribution in [3.63, 3.8) is 0 Å². The van der Waals surface area contributed by atoms with Gasteiger partial charge in [0, 0.05) is 23.6 Å². The lowest BCUT2D eigenvalue weighted by Crippen LogP contribution is -2.35. The maximum absolute atomic E-state index is 12.1. The van der Waals surface area contributed by atoms with Crippen LogP contribution in [-0.2, 0) is 4.79 Å². The van der Waals surface area contributed by atoms with E-state index in [1.807, 2.05) is 6.92 Å². The zero-order chi connectivity index (χ0) is 16.7. The Bertz CT molecular complexity index is 536. The fourth-order valence-electron chi connectivity index (χ4n) is 2.62. The van der Waals surface area contributed by atoms with Crippen LogP contribution in [0.4, 0.5) is 5.69 Å². The molecule has 0 aliphatic carbocycles. The van der Waals surface area contributed by atoms with E-state index >= 15 is 0 Å². The Kier molecular flexibility index (Phi) is 9.10. The first kappa shape index (κ1) is 20.7. The average Bonchev–Trinajstić information content (AvgIpc) is 2.56. The summed E-state index contributed by atoms with van der Waals surface area (Å²) in [5.74, 6) is 0.666. The molecule has 8 heteroatoms. The quantitative estimate of drug-likeness (QED) is 0.436. The molecule has 1 aliphatic rings. The lowest BCUT2D eigenvalue weighted by Gasteiger charge is -2.23. The topological polar surface area (TPSA) is 84.3 Å². The highest BCUT2D eigenvalue weighted by molar-refractivity contribution is 8.00. The molecule has 1 saturated heterocycles. The van der Waals surface area contributed by atoms with Gasteiger partial charge in [0.25, 0.3) is 5.69 Å². The van der Waals surface area contributed by atoms with Gasteiger partial charge in [0.1, 0.15) is 0 Å². The van der Waals surface area contributed by atoms with Crippen molar-refractivity contribution in [2.45, 2.75) is 36.3 Å². The van der Waals surface area contributed by atoms with Gasteiger partial charge in [-0.15, -0.1) is 24.2 Å². The van der Waals surface area contributed by atoms with Crippen molar-refractivity contribution in [2.75, 3.05) is 19.6 Å². The van der Waals surface area contributed by atoms with Crippen LogP contribution >= 0.6 is 24.2 Å². The lowest BCUT2D eigenvalue weighted by molar-refractivity contribution is -0.384. The lowest BCUT2D eigenvalue weighted by atomic mass is 9.96. The number of non-ortho nitro benzene ring substituents is 1. The van der Waals surface area contributed by atoms with Gasteiger partial charge in [0.15, 0.2) is 0 Å². The summed E-state index contributed by atoms with van der Waals surface area (Å²) >= 11 is 1.41. The number of hydrogen-bond donors (Lipinski definition) is 2. The molecule has 0 radical (unpaired) electrons. The molecule has 24 heavy (non-hydrogen) atoms. The predicted octanol–water partition coefficient (Wildman–Crippen LogP) is 3.00. The number of rotatable bonds is 7. The van der Waals surface area contributed by atoms with Gasteiger partial charge in [-0.05, 0) is 57.3 Å². The highest BCUT2D eigenvalue weighted by atomic mass is 35.5. The summed E-state index contributed by atoms with van der Waals surface area (Å²) in [4.78, 5) is 23.2. The second-order valence-corrected chi connectivity index (χ2v) is 7.22. The molecule has 2 atom stereocenters. The van der Waals surface area contributed by atoms with E-state index in [4.69, 9.17) is 0 Å². The van der Waals surface area contributed by atoms with Crippen molar-refractivity contribution >= 4 is 35.8 Å². The van der Waals surface area contributed by atoms with Crippen LogP contribution in [0.2, 0.25) is 0 Å². The average molecular weight is 374 g/mol. The highest BCUT2D eigenvalue weighted by Gasteiger charge is 2.16. The summed E-state index contributed by atoms with van der Waals surface area (Å²) in [5.41, 5.74) is 0.0625. The molecular formula is C16H24ClN3O3S. The Balaban J connectivity index is 0.00000288. The summed E-state index contributed by atoms with van der Waals surface area (Å²) < 4.78 is 0. The minimum absolute atomic E-state index is 0. The number of amides is 1. The van der Waals surface area contributed by atoms with E-state index in [-0.39, 0.29) is 29.3 Å². The molecule has 1 aliphatic heterocycles. The second kappa shape index (κ2) is 10.5. The summed E-state index contributed by atoms with van der Waals surface area (Å²) in [6.45, 7) is 4.70. The molecule has 1 heterocycles. The molecule has 0 saturated carbocycles. The smallest absolute Gasteiger partial charge is 0.269 e. The van der Waals surface area contributed by atoms with Crippen LogP contribution in [0, 0.1) is 16.0 Å². The van der Waals surface area contributed by atoms with Gasteiger partial charge in [-0.25, -0.2) is 0 Å². The predicted molar refractivity (Wildman–Crippen MR) is 98.9 cm³/mol. The summed E-state index contributed by atoms with van der Waals surface area (Å²) in [6.07, 6.45) is 3.45. The van der Waals surface area contributed by atoms with Crippen LogP contribution in [0.5, 0.6) is 0 Å². The number of nitro benzene ring substituents is 1. The van der Waals surface area contributed by atoms with E-state index in [1.54, 1.807) is 12.1 Å². The second-order valence-electron chi connectivity index (χ2n) is 5.80. The van der Waals surface area contributed by atoms with Crippen LogP contribution in [0.1, 0.15) is 26.2 Å². The van der Waals surface area contributed by atoms with E-state index in [1.165, 1.54) is 36.7 Å².